The van der Waals surface area contributed by atoms with Crippen LogP contribution in [0.15, 0.2) is 42.5 Å². The van der Waals surface area contributed by atoms with Gasteiger partial charge in [0, 0.05) is 25.7 Å². The quantitative estimate of drug-likeness (QED) is 0.438. The van der Waals surface area contributed by atoms with Crippen LogP contribution in [0.2, 0.25) is 0 Å². The maximum absolute atomic E-state index is 13.2. The van der Waals surface area contributed by atoms with E-state index in [-0.39, 0.29) is 17.2 Å². The second kappa shape index (κ2) is 7.20. The van der Waals surface area contributed by atoms with Gasteiger partial charge in [-0.05, 0) is 48.9 Å². The van der Waals surface area contributed by atoms with Gasteiger partial charge in [0.15, 0.2) is 0 Å². The zero-order valence-corrected chi connectivity index (χ0v) is 17.8. The molecule has 2 aromatic carbocycles. The Morgan fingerprint density at radius 1 is 1.13 bits per heavy atom. The molecule has 1 atom stereocenters. The molecule has 2 heterocycles. The summed E-state index contributed by atoms with van der Waals surface area (Å²) in [5, 5.41) is 7.55. The number of likely N-dealkylation sites (tertiary alicyclic amines) is 1. The molecular formula is C24H28N6O. The molecule has 160 valence electrons. The zero-order chi connectivity index (χ0) is 21.8. The first-order chi connectivity index (χ1) is 14.9. The third-order valence-electron chi connectivity index (χ3n) is 6.88. The van der Waals surface area contributed by atoms with Crippen molar-refractivity contribution in [1.29, 1.82) is 5.41 Å². The molecule has 1 unspecified atom stereocenters. The van der Waals surface area contributed by atoms with Crippen molar-refractivity contribution >= 4 is 22.8 Å². The predicted octanol–water partition coefficient (Wildman–Crippen LogP) is 2.56. The fourth-order valence-corrected chi connectivity index (χ4v) is 4.79. The molecular weight excluding hydrogens is 388 g/mol. The highest BCUT2D eigenvalue weighted by atomic mass is 16.2. The Morgan fingerprint density at radius 2 is 1.81 bits per heavy atom. The standard InChI is InChI=1S/C24H28N6O/c1-29-19-9-8-17(24(10-11-24)23(31)30-12-2-3-13-30)14-18(19)28-22(29)20(25)15-4-6-16(7-5-15)21(26)27/h4-9,14,20H,2-3,10-13,25H2,1H3,(H3,26,27). The van der Waals surface area contributed by atoms with E-state index in [0.29, 0.717) is 5.56 Å². The van der Waals surface area contributed by atoms with Crippen LogP contribution in [0.1, 0.15) is 54.2 Å². The molecule has 5 N–H and O–H groups in total. The molecule has 0 bridgehead atoms. The van der Waals surface area contributed by atoms with E-state index in [4.69, 9.17) is 21.9 Å². The number of aromatic nitrogens is 2. The molecule has 0 radical (unpaired) electrons. The highest BCUT2D eigenvalue weighted by Crippen LogP contribution is 2.50. The van der Waals surface area contributed by atoms with Gasteiger partial charge in [-0.2, -0.15) is 0 Å². The Balaban J connectivity index is 1.47. The third kappa shape index (κ3) is 3.20. The molecule has 7 nitrogen and oxygen atoms in total. The van der Waals surface area contributed by atoms with Crippen LogP contribution in [0.25, 0.3) is 11.0 Å². The van der Waals surface area contributed by atoms with Gasteiger partial charge in [-0.1, -0.05) is 30.3 Å². The van der Waals surface area contributed by atoms with Crippen molar-refractivity contribution in [2.24, 2.45) is 18.5 Å². The average molecular weight is 417 g/mol. The van der Waals surface area contributed by atoms with Crippen LogP contribution in [0.5, 0.6) is 0 Å². The van der Waals surface area contributed by atoms with Crippen molar-refractivity contribution in [3.63, 3.8) is 0 Å². The number of amidine groups is 1. The number of imidazole rings is 1. The summed E-state index contributed by atoms with van der Waals surface area (Å²) in [4.78, 5) is 20.0. The minimum atomic E-state index is -0.400. The summed E-state index contributed by atoms with van der Waals surface area (Å²) in [6.45, 7) is 1.77. The van der Waals surface area contributed by atoms with Gasteiger partial charge in [0.25, 0.3) is 0 Å². The molecule has 0 spiro atoms. The first-order valence-corrected chi connectivity index (χ1v) is 10.9. The lowest BCUT2D eigenvalue weighted by atomic mass is 9.94. The van der Waals surface area contributed by atoms with Gasteiger partial charge < -0.3 is 20.9 Å². The van der Waals surface area contributed by atoms with Gasteiger partial charge in [0.05, 0.1) is 22.5 Å². The van der Waals surface area contributed by atoms with Crippen LogP contribution in [0.3, 0.4) is 0 Å². The van der Waals surface area contributed by atoms with E-state index < -0.39 is 6.04 Å². The Hall–Kier alpha value is -3.19. The number of benzene rings is 2. The molecule has 7 heteroatoms. The van der Waals surface area contributed by atoms with Gasteiger partial charge >= 0.3 is 0 Å². The first-order valence-electron chi connectivity index (χ1n) is 10.9. The van der Waals surface area contributed by atoms with Crippen LogP contribution in [0.4, 0.5) is 0 Å². The number of rotatable bonds is 5. The molecule has 3 aromatic rings. The molecule has 1 saturated heterocycles. The number of nitrogens with zero attached hydrogens (tertiary/aromatic N) is 3. The van der Waals surface area contributed by atoms with Crippen LogP contribution >= 0.6 is 0 Å². The Labute approximate surface area is 181 Å². The van der Waals surface area contributed by atoms with Gasteiger partial charge in [0.2, 0.25) is 5.91 Å². The van der Waals surface area contributed by atoms with Crippen molar-refractivity contribution in [2.75, 3.05) is 13.1 Å². The van der Waals surface area contributed by atoms with Crippen LogP contribution < -0.4 is 11.5 Å². The Kier molecular flexibility index (Phi) is 4.59. The summed E-state index contributed by atoms with van der Waals surface area (Å²) in [6, 6.07) is 13.2. The monoisotopic (exact) mass is 416 g/mol. The SMILES string of the molecule is Cn1c(C(N)c2ccc(C(=N)N)cc2)nc2cc(C3(C(=O)N4CCCC4)CC3)ccc21. The van der Waals surface area contributed by atoms with E-state index in [0.717, 1.165) is 66.8 Å². The second-order valence-corrected chi connectivity index (χ2v) is 8.83. The summed E-state index contributed by atoms with van der Waals surface area (Å²) in [7, 11) is 1.97. The molecule has 1 aliphatic carbocycles. The van der Waals surface area contributed by atoms with E-state index in [2.05, 4.69) is 18.2 Å². The minimum Gasteiger partial charge on any atom is -0.384 e. The maximum atomic E-state index is 13.2. The van der Waals surface area contributed by atoms with Gasteiger partial charge in [-0.15, -0.1) is 0 Å². The number of nitrogen functional groups attached to an aromatic ring is 1. The molecule has 1 aromatic heterocycles. The normalized spacial score (nSPS) is 18.3. The lowest BCUT2D eigenvalue weighted by Gasteiger charge is -2.23. The van der Waals surface area contributed by atoms with Crippen LogP contribution in [-0.2, 0) is 17.3 Å². The van der Waals surface area contributed by atoms with E-state index in [1.165, 1.54) is 0 Å². The number of aryl methyl sites for hydroxylation is 1. The lowest BCUT2D eigenvalue weighted by molar-refractivity contribution is -0.132. The molecule has 2 fully saturated rings. The summed E-state index contributed by atoms with van der Waals surface area (Å²) < 4.78 is 2.02. The predicted molar refractivity (Wildman–Crippen MR) is 121 cm³/mol. The average Bonchev–Trinajstić information content (AvgIpc) is 3.27. The number of hydrogen-bond acceptors (Lipinski definition) is 4. The summed E-state index contributed by atoms with van der Waals surface area (Å²) in [5.74, 6) is 1.08. The lowest BCUT2D eigenvalue weighted by Crippen LogP contribution is -2.37. The fourth-order valence-electron chi connectivity index (χ4n) is 4.79. The first kappa shape index (κ1) is 19.8. The zero-order valence-electron chi connectivity index (χ0n) is 17.8. The van der Waals surface area contributed by atoms with E-state index in [1.54, 1.807) is 12.1 Å². The smallest absolute Gasteiger partial charge is 0.233 e. The van der Waals surface area contributed by atoms with Crippen molar-refractivity contribution in [1.82, 2.24) is 14.5 Å². The number of amides is 1. The molecule has 5 rings (SSSR count). The number of fused-ring (bicyclic) bond motifs is 1. The van der Waals surface area contributed by atoms with E-state index in [1.807, 2.05) is 28.6 Å². The Bertz CT molecular complexity index is 1170. The van der Waals surface area contributed by atoms with Gasteiger partial charge in [-0.25, -0.2) is 4.98 Å². The second-order valence-electron chi connectivity index (χ2n) is 8.83. The minimum absolute atomic E-state index is 0.0351. The van der Waals surface area contributed by atoms with Gasteiger partial charge in [-0.3, -0.25) is 10.2 Å². The molecule has 1 saturated carbocycles. The molecule has 1 amide bonds. The van der Waals surface area contributed by atoms with Crippen molar-refractivity contribution < 1.29 is 4.79 Å². The van der Waals surface area contributed by atoms with Crippen LogP contribution in [0, 0.1) is 5.41 Å². The number of carbonyl (C=O) groups is 1. The number of nitrogens with two attached hydrogens (primary N) is 2. The Morgan fingerprint density at radius 3 is 2.42 bits per heavy atom. The molecule has 31 heavy (non-hydrogen) atoms. The van der Waals surface area contributed by atoms with Crippen LogP contribution in [-0.4, -0.2) is 39.3 Å². The number of carbonyl (C=O) groups excluding carboxylic acids is 1. The summed E-state index contributed by atoms with van der Waals surface area (Å²) in [6.07, 6.45) is 4.04. The fraction of sp³-hybridized carbons (Fsp3) is 0.375. The van der Waals surface area contributed by atoms with Crippen molar-refractivity contribution in [3.8, 4) is 0 Å². The molecule has 1 aliphatic heterocycles. The van der Waals surface area contributed by atoms with E-state index >= 15 is 0 Å². The van der Waals surface area contributed by atoms with Crippen molar-refractivity contribution in [2.45, 2.75) is 37.1 Å². The van der Waals surface area contributed by atoms with Gasteiger partial charge in [0.1, 0.15) is 11.7 Å². The summed E-state index contributed by atoms with van der Waals surface area (Å²) in [5.41, 5.74) is 16.2. The maximum Gasteiger partial charge on any atom is 0.233 e. The highest BCUT2D eigenvalue weighted by molar-refractivity contribution is 5.95. The number of nitrogens with one attached hydrogen (secondary N) is 1. The van der Waals surface area contributed by atoms with Crippen molar-refractivity contribution in [3.05, 3.63) is 65.0 Å². The number of hydrogen-bond donors (Lipinski definition) is 3. The summed E-state index contributed by atoms with van der Waals surface area (Å²) >= 11 is 0. The highest BCUT2D eigenvalue weighted by Gasteiger charge is 2.53. The molecule has 2 aliphatic rings. The largest absolute Gasteiger partial charge is 0.384 e. The third-order valence-corrected chi connectivity index (χ3v) is 6.88. The topological polar surface area (TPSA) is 114 Å². The van der Waals surface area contributed by atoms with E-state index in [9.17, 15) is 4.79 Å².